The zero-order valence-corrected chi connectivity index (χ0v) is 21.4. The molecule has 184 valence electrons. The fourth-order valence-corrected chi connectivity index (χ4v) is 7.85. The summed E-state index contributed by atoms with van der Waals surface area (Å²) in [5.41, 5.74) is 2.91. The number of carbonyl (C=O) groups is 1. The predicted octanol–water partition coefficient (Wildman–Crippen LogP) is 4.99. The first-order valence-electron chi connectivity index (χ1n) is 12.4. The summed E-state index contributed by atoms with van der Waals surface area (Å²) in [6.45, 7) is 5.79. The third kappa shape index (κ3) is 3.35. The Morgan fingerprint density at radius 2 is 2.11 bits per heavy atom. The monoisotopic (exact) mass is 512 g/mol. The van der Waals surface area contributed by atoms with Gasteiger partial charge in [0, 0.05) is 36.2 Å². The number of likely N-dealkylation sites (tertiary alicyclic amines) is 1. The number of halogens is 2. The van der Waals surface area contributed by atoms with Crippen molar-refractivity contribution in [3.05, 3.63) is 69.7 Å². The third-order valence-electron chi connectivity index (χ3n) is 9.01. The molecule has 0 radical (unpaired) electrons. The van der Waals surface area contributed by atoms with Gasteiger partial charge in [0.15, 0.2) is 0 Å². The second-order valence-electron chi connectivity index (χ2n) is 10.5. The van der Waals surface area contributed by atoms with Crippen LogP contribution < -0.4 is 4.74 Å². The number of likely N-dealkylation sites (N-methyl/N-ethyl adjacent to an activating group) is 1. The molecule has 1 amide bonds. The van der Waals surface area contributed by atoms with E-state index in [-0.39, 0.29) is 29.9 Å². The second kappa shape index (κ2) is 8.43. The number of amides is 1. The van der Waals surface area contributed by atoms with E-state index in [1.54, 1.807) is 18.2 Å². The van der Waals surface area contributed by atoms with Crippen LogP contribution in [-0.2, 0) is 23.1 Å². The SMILES string of the molecule is C=CCN1CC[C@@]23c4c5ccc(O)c4C[C@@H]1[C@@H]2CC[C@H](N(C)C(=O)Cc1ccc(Cl)c(Cl)c1)[C@@H]3O5. The molecule has 5 atom stereocenters. The maximum atomic E-state index is 13.4. The topological polar surface area (TPSA) is 53.0 Å². The number of piperidine rings is 1. The lowest BCUT2D eigenvalue weighted by molar-refractivity contribution is -0.139. The Kier molecular flexibility index (Phi) is 5.59. The highest BCUT2D eigenvalue weighted by Crippen LogP contribution is 2.63. The van der Waals surface area contributed by atoms with Crippen molar-refractivity contribution in [2.75, 3.05) is 20.1 Å². The van der Waals surface area contributed by atoms with E-state index in [0.29, 0.717) is 27.8 Å². The lowest BCUT2D eigenvalue weighted by Crippen LogP contribution is -2.69. The van der Waals surface area contributed by atoms with Crippen LogP contribution >= 0.6 is 23.2 Å². The Morgan fingerprint density at radius 3 is 2.89 bits per heavy atom. The van der Waals surface area contributed by atoms with Crippen LogP contribution in [-0.4, -0.2) is 59.1 Å². The molecule has 2 aromatic rings. The van der Waals surface area contributed by atoms with Gasteiger partial charge in [0.1, 0.15) is 17.6 Å². The van der Waals surface area contributed by atoms with Gasteiger partial charge in [-0.3, -0.25) is 9.69 Å². The van der Waals surface area contributed by atoms with Crippen LogP contribution in [0.4, 0.5) is 0 Å². The van der Waals surface area contributed by atoms with Gasteiger partial charge in [0.25, 0.3) is 0 Å². The molecule has 2 fully saturated rings. The molecule has 2 aromatic carbocycles. The van der Waals surface area contributed by atoms with Crippen LogP contribution in [0.2, 0.25) is 10.0 Å². The minimum absolute atomic E-state index is 0.0337. The molecule has 4 aliphatic rings. The molecule has 7 heteroatoms. The minimum Gasteiger partial charge on any atom is -0.508 e. The van der Waals surface area contributed by atoms with Crippen molar-refractivity contribution in [2.45, 2.75) is 55.7 Å². The van der Waals surface area contributed by atoms with E-state index >= 15 is 0 Å². The van der Waals surface area contributed by atoms with Crippen LogP contribution in [0.15, 0.2) is 43.0 Å². The molecule has 1 spiro atoms. The molecular weight excluding hydrogens is 483 g/mol. The summed E-state index contributed by atoms with van der Waals surface area (Å²) in [6, 6.07) is 9.36. The summed E-state index contributed by atoms with van der Waals surface area (Å²) < 4.78 is 6.72. The van der Waals surface area contributed by atoms with Crippen molar-refractivity contribution in [3.8, 4) is 11.5 Å². The number of ether oxygens (including phenoxy) is 1. The van der Waals surface area contributed by atoms with Crippen molar-refractivity contribution >= 4 is 29.1 Å². The Balaban J connectivity index is 1.35. The molecule has 35 heavy (non-hydrogen) atoms. The maximum absolute atomic E-state index is 13.4. The molecule has 1 saturated heterocycles. The van der Waals surface area contributed by atoms with Crippen LogP contribution in [0.25, 0.3) is 0 Å². The van der Waals surface area contributed by atoms with Crippen molar-refractivity contribution in [1.29, 1.82) is 0 Å². The first-order valence-corrected chi connectivity index (χ1v) is 13.2. The Bertz CT molecular complexity index is 1220. The summed E-state index contributed by atoms with van der Waals surface area (Å²) in [4.78, 5) is 17.8. The molecule has 1 N–H and O–H groups in total. The Labute approximate surface area is 216 Å². The molecule has 2 heterocycles. The fourth-order valence-electron chi connectivity index (χ4n) is 7.53. The number of rotatable bonds is 5. The summed E-state index contributed by atoms with van der Waals surface area (Å²) in [7, 11) is 1.90. The molecule has 2 bridgehead atoms. The molecule has 2 aliphatic heterocycles. The van der Waals surface area contributed by atoms with Crippen LogP contribution in [0.5, 0.6) is 11.5 Å². The van der Waals surface area contributed by atoms with Crippen molar-refractivity contribution < 1.29 is 14.6 Å². The van der Waals surface area contributed by atoms with E-state index in [9.17, 15) is 9.90 Å². The number of hydrogen-bond donors (Lipinski definition) is 1. The smallest absolute Gasteiger partial charge is 0.227 e. The van der Waals surface area contributed by atoms with Gasteiger partial charge in [-0.05, 0) is 68.0 Å². The quantitative estimate of drug-likeness (QED) is 0.573. The van der Waals surface area contributed by atoms with E-state index in [0.717, 1.165) is 55.6 Å². The zero-order chi connectivity index (χ0) is 24.5. The number of phenols is 1. The molecule has 0 unspecified atom stereocenters. The summed E-state index contributed by atoms with van der Waals surface area (Å²) in [5, 5.41) is 11.8. The zero-order valence-electron chi connectivity index (χ0n) is 19.8. The second-order valence-corrected chi connectivity index (χ2v) is 11.3. The van der Waals surface area contributed by atoms with Gasteiger partial charge in [0.2, 0.25) is 5.91 Å². The highest BCUT2D eigenvalue weighted by Gasteiger charge is 2.66. The van der Waals surface area contributed by atoms with Gasteiger partial charge in [-0.2, -0.15) is 0 Å². The van der Waals surface area contributed by atoms with E-state index < -0.39 is 0 Å². The molecule has 2 aliphatic carbocycles. The number of phenolic OH excluding ortho intramolecular Hbond substituents is 1. The average molecular weight is 513 g/mol. The molecular formula is C28H30Cl2N2O3. The summed E-state index contributed by atoms with van der Waals surface area (Å²) in [5.74, 6) is 1.73. The lowest BCUT2D eigenvalue weighted by atomic mass is 9.51. The maximum Gasteiger partial charge on any atom is 0.227 e. The number of carbonyl (C=O) groups excluding carboxylic acids is 1. The highest BCUT2D eigenvalue weighted by atomic mass is 35.5. The average Bonchev–Trinajstić information content (AvgIpc) is 3.17. The van der Waals surface area contributed by atoms with Crippen molar-refractivity contribution in [2.24, 2.45) is 5.92 Å². The number of aromatic hydroxyl groups is 1. The largest absolute Gasteiger partial charge is 0.508 e. The van der Waals surface area contributed by atoms with Gasteiger partial charge in [-0.25, -0.2) is 0 Å². The van der Waals surface area contributed by atoms with E-state index in [4.69, 9.17) is 27.9 Å². The number of nitrogens with zero attached hydrogens (tertiary/aromatic N) is 2. The van der Waals surface area contributed by atoms with Crippen LogP contribution in [0, 0.1) is 5.92 Å². The van der Waals surface area contributed by atoms with Crippen molar-refractivity contribution in [1.82, 2.24) is 9.80 Å². The Hall–Kier alpha value is -2.21. The minimum atomic E-state index is -0.176. The third-order valence-corrected chi connectivity index (χ3v) is 9.75. The highest BCUT2D eigenvalue weighted by molar-refractivity contribution is 6.42. The first-order chi connectivity index (χ1) is 16.8. The Morgan fingerprint density at radius 1 is 1.29 bits per heavy atom. The molecule has 5 nitrogen and oxygen atoms in total. The fraction of sp³-hybridized carbons (Fsp3) is 0.464. The van der Waals surface area contributed by atoms with E-state index in [2.05, 4.69) is 11.5 Å². The molecule has 1 saturated carbocycles. The van der Waals surface area contributed by atoms with Crippen molar-refractivity contribution in [3.63, 3.8) is 0 Å². The van der Waals surface area contributed by atoms with Gasteiger partial charge < -0.3 is 14.7 Å². The van der Waals surface area contributed by atoms with E-state index in [1.165, 1.54) is 5.56 Å². The molecule has 0 aromatic heterocycles. The normalized spacial score (nSPS) is 30.4. The molecule has 6 rings (SSSR count). The predicted molar refractivity (Wildman–Crippen MR) is 138 cm³/mol. The standard InChI is InChI=1S/C28H30Cl2N2O3/c1-3-11-32-12-10-28-18-5-7-21(31(2)25(34)14-16-4-6-19(29)20(30)13-16)27(28)35-24-9-8-23(33)17(26(24)28)15-22(18)32/h3-4,6,8-9,13,18,21-22,27,33H,1,5,7,10-12,14-15H2,2H3/t18-,21-,22+,27-,28-/m0/s1. The number of hydrogen-bond acceptors (Lipinski definition) is 4. The van der Waals surface area contributed by atoms with Gasteiger partial charge in [-0.15, -0.1) is 6.58 Å². The van der Waals surface area contributed by atoms with Crippen LogP contribution in [0.1, 0.15) is 36.0 Å². The lowest BCUT2D eigenvalue weighted by Gasteiger charge is -2.60. The number of benzene rings is 2. The van der Waals surface area contributed by atoms with Crippen LogP contribution in [0.3, 0.4) is 0 Å². The van der Waals surface area contributed by atoms with Gasteiger partial charge in [0.05, 0.1) is 22.5 Å². The summed E-state index contributed by atoms with van der Waals surface area (Å²) in [6.07, 6.45) is 5.85. The van der Waals surface area contributed by atoms with Gasteiger partial charge >= 0.3 is 0 Å². The van der Waals surface area contributed by atoms with Gasteiger partial charge in [-0.1, -0.05) is 35.3 Å². The van der Waals surface area contributed by atoms with E-state index in [1.807, 2.05) is 30.2 Å². The first kappa shape index (κ1) is 23.2. The summed E-state index contributed by atoms with van der Waals surface area (Å²) >= 11 is 12.2.